The van der Waals surface area contributed by atoms with Crippen LogP contribution >= 0.6 is 15.9 Å². The normalized spacial score (nSPS) is 11.4. The molecule has 30 heavy (non-hydrogen) atoms. The number of halogens is 1. The summed E-state index contributed by atoms with van der Waals surface area (Å²) in [5.41, 5.74) is 0.856. The Hall–Kier alpha value is -2.23. The predicted molar refractivity (Wildman–Crippen MR) is 127 cm³/mol. The van der Waals surface area contributed by atoms with Gasteiger partial charge in [-0.25, -0.2) is 9.69 Å². The van der Waals surface area contributed by atoms with Gasteiger partial charge in [0.05, 0.1) is 5.52 Å². The van der Waals surface area contributed by atoms with Gasteiger partial charge in [0.2, 0.25) is 0 Å². The topological polar surface area (TPSA) is 67.7 Å². The Kier molecular flexibility index (Phi) is 8.16. The largest absolute Gasteiger partial charge is 0.361 e. The fraction of sp³-hybridized carbons (Fsp3) is 0.381. The molecule has 2 rings (SSSR count). The minimum absolute atomic E-state index is 0.141. The maximum Gasteiger partial charge on any atom is 0.334 e. The van der Waals surface area contributed by atoms with Crippen molar-refractivity contribution in [1.29, 1.82) is 0 Å². The average Bonchev–Trinajstić information content (AvgIpc) is 3.00. The maximum atomic E-state index is 13.4. The van der Waals surface area contributed by atoms with E-state index in [1.54, 1.807) is 17.8 Å². The van der Waals surface area contributed by atoms with E-state index >= 15 is 0 Å². The molecule has 0 aliphatic heterocycles. The minimum atomic E-state index is -1.29. The first kappa shape index (κ1) is 24.0. The second-order valence-electron chi connectivity index (χ2n) is 8.11. The second kappa shape index (κ2) is 10.2. The van der Waals surface area contributed by atoms with Crippen molar-refractivity contribution in [3.05, 3.63) is 48.0 Å². The molecule has 0 radical (unpaired) electrons. The summed E-state index contributed by atoms with van der Waals surface area (Å²) in [5, 5.41) is 5.31. The van der Waals surface area contributed by atoms with E-state index < -0.39 is 20.0 Å². The van der Waals surface area contributed by atoms with Crippen LogP contribution in [0.5, 0.6) is 0 Å². The van der Waals surface area contributed by atoms with E-state index in [-0.39, 0.29) is 13.3 Å². The van der Waals surface area contributed by atoms with Crippen LogP contribution in [0, 0.1) is 0 Å². The molecule has 0 spiro atoms. The Morgan fingerprint density at radius 2 is 2.00 bits per heavy atom. The quantitative estimate of drug-likeness (QED) is 0.166. The van der Waals surface area contributed by atoms with Gasteiger partial charge in [-0.05, 0) is 30.3 Å². The molecular weight excluding hydrogens is 464 g/mol. The molecule has 2 aromatic rings. The van der Waals surface area contributed by atoms with Crippen LogP contribution < -0.4 is 4.90 Å². The van der Waals surface area contributed by atoms with Crippen LogP contribution in [0.25, 0.3) is 10.9 Å². The van der Waals surface area contributed by atoms with Gasteiger partial charge in [-0.15, -0.1) is 6.58 Å². The van der Waals surface area contributed by atoms with Gasteiger partial charge in [0, 0.05) is 38.1 Å². The number of hydrogen-bond donors (Lipinski definition) is 0. The predicted octanol–water partition coefficient (Wildman–Crippen LogP) is 4.78. The molecule has 1 aromatic heterocycles. The van der Waals surface area contributed by atoms with Gasteiger partial charge in [-0.3, -0.25) is 14.4 Å². The van der Waals surface area contributed by atoms with Gasteiger partial charge in [-0.1, -0.05) is 48.2 Å². The van der Waals surface area contributed by atoms with Crippen molar-refractivity contribution in [3.8, 4) is 0 Å². The van der Waals surface area contributed by atoms with Crippen molar-refractivity contribution in [2.75, 3.05) is 24.8 Å². The summed E-state index contributed by atoms with van der Waals surface area (Å²) in [4.78, 5) is 28.2. The molecule has 0 aliphatic rings. The van der Waals surface area contributed by atoms with Crippen molar-refractivity contribution >= 4 is 52.7 Å². The number of urea groups is 1. The number of aromatic nitrogens is 2. The average molecular weight is 493 g/mol. The number of aryl methyl sites for hydroxylation is 1. The van der Waals surface area contributed by atoms with Crippen molar-refractivity contribution in [1.82, 2.24) is 14.7 Å². The van der Waals surface area contributed by atoms with Crippen molar-refractivity contribution in [2.45, 2.75) is 25.7 Å². The zero-order valence-corrected chi connectivity index (χ0v) is 20.6. The van der Waals surface area contributed by atoms with Gasteiger partial charge in [-0.2, -0.15) is 5.10 Å². The van der Waals surface area contributed by atoms with Crippen molar-refractivity contribution in [2.24, 2.45) is 7.05 Å². The lowest BCUT2D eigenvalue weighted by molar-refractivity contribution is -0.127. The Labute approximate surface area is 187 Å². The zero-order chi connectivity index (χ0) is 22.5. The number of nitrogens with zero attached hydrogens (tertiary/aromatic N) is 4. The number of carbonyl (C=O) groups excluding carboxylic acids is 2. The molecule has 9 heteroatoms. The minimum Gasteiger partial charge on any atom is -0.361 e. The summed E-state index contributed by atoms with van der Waals surface area (Å²) in [6.45, 7) is 14.5. The second-order valence-corrected chi connectivity index (χ2v) is 14.6. The highest BCUT2D eigenvalue weighted by Gasteiger charge is 2.29. The number of carbonyl (C=O) groups is 2. The molecule has 0 saturated carbocycles. The molecule has 7 nitrogen and oxygen atoms in total. The van der Waals surface area contributed by atoms with Crippen molar-refractivity contribution < 1.29 is 14.3 Å². The highest BCUT2D eigenvalue weighted by atomic mass is 79.9. The fourth-order valence-corrected chi connectivity index (χ4v) is 3.90. The standard InChI is InChI=1S/C21H29BrN4O3Si/c1-7-11-25(20-17-10-9-16(22)14-18(17)24(3)23-20)21(28)26(19(27)8-2)15-29-12-13-30(4,5)6/h7-10,14H,1-2,11-13,15H2,3-6H3. The molecule has 1 aromatic carbocycles. The van der Waals surface area contributed by atoms with Crippen LogP contribution in [0.2, 0.25) is 25.7 Å². The van der Waals surface area contributed by atoms with Gasteiger partial charge >= 0.3 is 6.03 Å². The SMILES string of the molecule is C=CCN(C(=O)N(COCC[Si](C)(C)C)C(=O)C=C)c1nn(C)c2cc(Br)ccc12. The van der Waals surface area contributed by atoms with Crippen LogP contribution in [-0.2, 0) is 16.6 Å². The lowest BCUT2D eigenvalue weighted by Gasteiger charge is -2.27. The first-order chi connectivity index (χ1) is 14.1. The molecule has 0 unspecified atom stereocenters. The van der Waals surface area contributed by atoms with E-state index in [4.69, 9.17) is 4.74 Å². The number of benzene rings is 1. The van der Waals surface area contributed by atoms with Gasteiger partial charge in [0.1, 0.15) is 6.73 Å². The number of fused-ring (bicyclic) bond motifs is 1. The molecule has 0 atom stereocenters. The van der Waals surface area contributed by atoms with Crippen LogP contribution in [0.4, 0.5) is 10.6 Å². The lowest BCUT2D eigenvalue weighted by atomic mass is 10.2. The first-order valence-corrected chi connectivity index (χ1v) is 14.2. The molecule has 1 heterocycles. The molecule has 0 fully saturated rings. The highest BCUT2D eigenvalue weighted by Crippen LogP contribution is 2.29. The number of hydrogen-bond acceptors (Lipinski definition) is 4. The number of amides is 3. The van der Waals surface area contributed by atoms with Crippen LogP contribution in [0.3, 0.4) is 0 Å². The molecule has 162 valence electrons. The summed E-state index contributed by atoms with van der Waals surface area (Å²) >= 11 is 3.46. The number of anilines is 1. The van der Waals surface area contributed by atoms with Crippen LogP contribution in [0.15, 0.2) is 48.0 Å². The van der Waals surface area contributed by atoms with E-state index in [0.717, 1.165) is 32.4 Å². The molecule has 0 aliphatic carbocycles. The van der Waals surface area contributed by atoms with E-state index in [9.17, 15) is 9.59 Å². The Bertz CT molecular complexity index is 952. The molecule has 3 amide bonds. The Balaban J connectivity index is 2.34. The third-order valence-corrected chi connectivity index (χ3v) is 6.68. The molecule has 0 saturated heterocycles. The van der Waals surface area contributed by atoms with E-state index in [1.807, 2.05) is 18.2 Å². The van der Waals surface area contributed by atoms with Crippen LogP contribution in [0.1, 0.15) is 0 Å². The van der Waals surface area contributed by atoms with Crippen LogP contribution in [-0.4, -0.2) is 54.6 Å². The Morgan fingerprint density at radius 1 is 1.30 bits per heavy atom. The maximum absolute atomic E-state index is 13.4. The van der Waals surface area contributed by atoms with E-state index in [1.165, 1.54) is 4.90 Å². The summed E-state index contributed by atoms with van der Waals surface area (Å²) in [6, 6.07) is 6.10. The van der Waals surface area contributed by atoms with Gasteiger partial charge < -0.3 is 4.74 Å². The monoisotopic (exact) mass is 492 g/mol. The lowest BCUT2D eigenvalue weighted by Crippen LogP contribution is -2.47. The number of imide groups is 1. The summed E-state index contributed by atoms with van der Waals surface area (Å²) in [5.74, 6) is -0.0705. The third kappa shape index (κ3) is 5.90. The number of ether oxygens (including phenoxy) is 1. The third-order valence-electron chi connectivity index (χ3n) is 4.48. The van der Waals surface area contributed by atoms with Gasteiger partial charge in [0.25, 0.3) is 5.91 Å². The van der Waals surface area contributed by atoms with E-state index in [2.05, 4.69) is 53.8 Å². The van der Waals surface area contributed by atoms with E-state index in [0.29, 0.717) is 12.4 Å². The number of rotatable bonds is 9. The van der Waals surface area contributed by atoms with Gasteiger partial charge in [0.15, 0.2) is 5.82 Å². The van der Waals surface area contributed by atoms with Crippen molar-refractivity contribution in [3.63, 3.8) is 0 Å². The fourth-order valence-electron chi connectivity index (χ4n) is 2.80. The summed E-state index contributed by atoms with van der Waals surface area (Å²) < 4.78 is 8.28. The summed E-state index contributed by atoms with van der Waals surface area (Å²) in [6.07, 6.45) is 2.71. The summed E-state index contributed by atoms with van der Waals surface area (Å²) in [7, 11) is 0.521. The molecule has 0 bridgehead atoms. The molecular formula is C21H29BrN4O3Si. The highest BCUT2D eigenvalue weighted by molar-refractivity contribution is 9.10. The Morgan fingerprint density at radius 3 is 2.60 bits per heavy atom. The molecule has 0 N–H and O–H groups in total. The zero-order valence-electron chi connectivity index (χ0n) is 18.0. The first-order valence-electron chi connectivity index (χ1n) is 9.65. The smallest absolute Gasteiger partial charge is 0.334 e.